The average molecular weight is 307 g/mol. The van der Waals surface area contributed by atoms with Gasteiger partial charge in [0.05, 0.1) is 6.10 Å². The lowest BCUT2D eigenvalue weighted by molar-refractivity contribution is -0.121. The number of carbonyl (C=O) groups is 1. The van der Waals surface area contributed by atoms with Crippen molar-refractivity contribution < 1.29 is 9.90 Å². The van der Waals surface area contributed by atoms with E-state index in [-0.39, 0.29) is 12.5 Å². The number of thiophene rings is 1. The lowest BCUT2D eigenvalue weighted by Gasteiger charge is -2.10. The molecule has 5 heteroatoms. The maximum absolute atomic E-state index is 11.7. The van der Waals surface area contributed by atoms with Crippen molar-refractivity contribution in [1.82, 2.24) is 5.32 Å². The molecule has 1 atom stereocenters. The van der Waals surface area contributed by atoms with Crippen molar-refractivity contribution in [3.63, 3.8) is 0 Å². The number of hydrogen-bond donors (Lipinski definition) is 2. The topological polar surface area (TPSA) is 49.3 Å². The Morgan fingerprint density at radius 1 is 1.30 bits per heavy atom. The Hall–Kier alpha value is -1.30. The maximum atomic E-state index is 11.7. The number of nitrogens with one attached hydrogen (secondary N) is 1. The number of hydrogen-bond acceptors (Lipinski definition) is 4. The molecule has 0 fully saturated rings. The quantitative estimate of drug-likeness (QED) is 0.773. The van der Waals surface area contributed by atoms with Crippen LogP contribution in [-0.4, -0.2) is 23.3 Å². The van der Waals surface area contributed by atoms with Crippen molar-refractivity contribution in [1.29, 1.82) is 0 Å². The zero-order valence-corrected chi connectivity index (χ0v) is 12.6. The first-order valence-electron chi connectivity index (χ1n) is 6.40. The van der Waals surface area contributed by atoms with Crippen molar-refractivity contribution in [2.24, 2.45) is 0 Å². The molecule has 0 aliphatic heterocycles. The van der Waals surface area contributed by atoms with Gasteiger partial charge in [-0.05, 0) is 34.5 Å². The highest BCUT2D eigenvalue weighted by molar-refractivity contribution is 7.99. The normalized spacial score (nSPS) is 12.1. The van der Waals surface area contributed by atoms with E-state index in [1.807, 2.05) is 47.2 Å². The third kappa shape index (κ3) is 5.00. The molecule has 1 aromatic carbocycles. The summed E-state index contributed by atoms with van der Waals surface area (Å²) in [6, 6.07) is 11.9. The van der Waals surface area contributed by atoms with Gasteiger partial charge in [0, 0.05) is 23.6 Å². The number of benzene rings is 1. The minimum Gasteiger partial charge on any atom is -0.387 e. The standard InChI is InChI=1S/C15H17NO2S2/c17-14(12-6-8-19-11-12)10-16-15(18)7-9-20-13-4-2-1-3-5-13/h1-6,8,11,14,17H,7,9-10H2,(H,16,18). The second-order valence-electron chi connectivity index (χ2n) is 4.29. The largest absolute Gasteiger partial charge is 0.387 e. The summed E-state index contributed by atoms with van der Waals surface area (Å²) in [7, 11) is 0. The van der Waals surface area contributed by atoms with Crippen LogP contribution in [0.1, 0.15) is 18.1 Å². The van der Waals surface area contributed by atoms with E-state index in [1.165, 1.54) is 16.2 Å². The summed E-state index contributed by atoms with van der Waals surface area (Å²) in [6.07, 6.45) is -0.164. The molecule has 0 radical (unpaired) electrons. The molecule has 20 heavy (non-hydrogen) atoms. The molecule has 1 aromatic heterocycles. The van der Waals surface area contributed by atoms with E-state index in [0.29, 0.717) is 6.42 Å². The van der Waals surface area contributed by atoms with Gasteiger partial charge in [0.25, 0.3) is 0 Å². The Bertz CT molecular complexity index is 514. The lowest BCUT2D eigenvalue weighted by atomic mass is 10.2. The first-order chi connectivity index (χ1) is 9.75. The van der Waals surface area contributed by atoms with Gasteiger partial charge in [-0.3, -0.25) is 4.79 Å². The highest BCUT2D eigenvalue weighted by Crippen LogP contribution is 2.18. The SMILES string of the molecule is O=C(CCSc1ccccc1)NCC(O)c1ccsc1. The Labute approximate surface area is 127 Å². The summed E-state index contributed by atoms with van der Waals surface area (Å²) in [6.45, 7) is 0.269. The molecule has 1 unspecified atom stereocenters. The van der Waals surface area contributed by atoms with Crippen LogP contribution in [0.4, 0.5) is 0 Å². The minimum atomic E-state index is -0.619. The Kier molecular flexibility index (Phi) is 6.11. The summed E-state index contributed by atoms with van der Waals surface area (Å²) in [5.74, 6) is 0.715. The van der Waals surface area contributed by atoms with Gasteiger partial charge >= 0.3 is 0 Å². The fraction of sp³-hybridized carbons (Fsp3) is 0.267. The number of aliphatic hydroxyl groups is 1. The molecule has 3 nitrogen and oxygen atoms in total. The molecule has 0 aliphatic carbocycles. The summed E-state index contributed by atoms with van der Waals surface area (Å²) in [5.41, 5.74) is 0.856. The maximum Gasteiger partial charge on any atom is 0.220 e. The van der Waals surface area contributed by atoms with Gasteiger partial charge in [-0.25, -0.2) is 0 Å². The Balaban J connectivity index is 1.63. The van der Waals surface area contributed by atoms with E-state index >= 15 is 0 Å². The number of thioether (sulfide) groups is 1. The van der Waals surface area contributed by atoms with E-state index in [4.69, 9.17) is 0 Å². The number of rotatable bonds is 7. The molecule has 106 valence electrons. The van der Waals surface area contributed by atoms with Crippen molar-refractivity contribution >= 4 is 29.0 Å². The van der Waals surface area contributed by atoms with Gasteiger partial charge in [-0.2, -0.15) is 11.3 Å². The number of carbonyl (C=O) groups excluding carboxylic acids is 1. The Morgan fingerprint density at radius 3 is 2.80 bits per heavy atom. The van der Waals surface area contributed by atoms with E-state index in [0.717, 1.165) is 11.3 Å². The first kappa shape index (κ1) is 15.1. The fourth-order valence-corrected chi connectivity index (χ4v) is 3.24. The molecule has 0 saturated heterocycles. The smallest absolute Gasteiger partial charge is 0.220 e. The molecule has 0 bridgehead atoms. The van der Waals surface area contributed by atoms with Crippen LogP contribution >= 0.6 is 23.1 Å². The minimum absolute atomic E-state index is 0.0253. The molecular weight excluding hydrogens is 290 g/mol. The van der Waals surface area contributed by atoms with Crippen LogP contribution < -0.4 is 5.32 Å². The van der Waals surface area contributed by atoms with Crippen LogP contribution in [0.25, 0.3) is 0 Å². The molecule has 2 rings (SSSR count). The lowest BCUT2D eigenvalue weighted by Crippen LogP contribution is -2.28. The third-order valence-corrected chi connectivity index (χ3v) is 4.48. The van der Waals surface area contributed by atoms with Gasteiger partial charge in [-0.1, -0.05) is 18.2 Å². The van der Waals surface area contributed by atoms with Crippen molar-refractivity contribution in [2.45, 2.75) is 17.4 Å². The number of aliphatic hydroxyl groups excluding tert-OH is 1. The van der Waals surface area contributed by atoms with Crippen molar-refractivity contribution in [3.05, 3.63) is 52.7 Å². The van der Waals surface area contributed by atoms with Crippen molar-refractivity contribution in [3.8, 4) is 0 Å². The predicted octanol–water partition coefficient (Wildman–Crippen LogP) is 3.08. The van der Waals surface area contributed by atoms with Crippen LogP contribution in [-0.2, 0) is 4.79 Å². The molecule has 0 spiro atoms. The predicted molar refractivity (Wildman–Crippen MR) is 84.1 cm³/mol. The third-order valence-electron chi connectivity index (χ3n) is 2.76. The second-order valence-corrected chi connectivity index (χ2v) is 6.24. The average Bonchev–Trinajstić information content (AvgIpc) is 3.00. The van der Waals surface area contributed by atoms with E-state index in [2.05, 4.69) is 5.32 Å². The molecular formula is C15H17NO2S2. The fourth-order valence-electron chi connectivity index (χ4n) is 1.66. The van der Waals surface area contributed by atoms with E-state index in [9.17, 15) is 9.90 Å². The summed E-state index contributed by atoms with van der Waals surface area (Å²) < 4.78 is 0. The zero-order chi connectivity index (χ0) is 14.2. The van der Waals surface area contributed by atoms with Crippen LogP contribution in [0.3, 0.4) is 0 Å². The van der Waals surface area contributed by atoms with Crippen LogP contribution in [0, 0.1) is 0 Å². The molecule has 1 amide bonds. The molecule has 0 aliphatic rings. The van der Waals surface area contributed by atoms with Gasteiger partial charge in [0.15, 0.2) is 0 Å². The van der Waals surface area contributed by atoms with Gasteiger partial charge in [-0.15, -0.1) is 11.8 Å². The van der Waals surface area contributed by atoms with Crippen LogP contribution in [0.5, 0.6) is 0 Å². The zero-order valence-electron chi connectivity index (χ0n) is 11.0. The summed E-state index contributed by atoms with van der Waals surface area (Å²) in [4.78, 5) is 12.8. The van der Waals surface area contributed by atoms with Crippen LogP contribution in [0.2, 0.25) is 0 Å². The molecule has 0 saturated carbocycles. The number of amides is 1. The van der Waals surface area contributed by atoms with Gasteiger partial charge < -0.3 is 10.4 Å². The first-order valence-corrected chi connectivity index (χ1v) is 8.33. The van der Waals surface area contributed by atoms with Gasteiger partial charge in [0.1, 0.15) is 0 Å². The summed E-state index contributed by atoms with van der Waals surface area (Å²) >= 11 is 3.20. The second kappa shape index (κ2) is 8.09. The molecule has 2 N–H and O–H groups in total. The van der Waals surface area contributed by atoms with Crippen molar-refractivity contribution in [2.75, 3.05) is 12.3 Å². The van der Waals surface area contributed by atoms with Gasteiger partial charge in [0.2, 0.25) is 5.91 Å². The molecule has 1 heterocycles. The highest BCUT2D eigenvalue weighted by Gasteiger charge is 2.09. The summed E-state index contributed by atoms with van der Waals surface area (Å²) in [5, 5.41) is 16.4. The van der Waals surface area contributed by atoms with E-state index in [1.54, 1.807) is 11.8 Å². The Morgan fingerprint density at radius 2 is 2.10 bits per heavy atom. The van der Waals surface area contributed by atoms with E-state index < -0.39 is 6.10 Å². The molecule has 2 aromatic rings. The monoisotopic (exact) mass is 307 g/mol. The van der Waals surface area contributed by atoms with Crippen LogP contribution in [0.15, 0.2) is 52.1 Å². The highest BCUT2D eigenvalue weighted by atomic mass is 32.2.